The van der Waals surface area contributed by atoms with E-state index in [0.717, 1.165) is 38.0 Å². The van der Waals surface area contributed by atoms with Crippen LogP contribution in [-0.4, -0.2) is 26.2 Å². The molecule has 0 saturated heterocycles. The Kier molecular flexibility index (Phi) is 9.79. The number of unbranched alkanes of at least 4 members (excludes halogenated alkanes) is 2. The number of nitrogens with one attached hydrogen (secondary N) is 2. The molecule has 0 heterocycles. The van der Waals surface area contributed by atoms with E-state index in [1.807, 2.05) is 0 Å². The Morgan fingerprint density at radius 2 is 1.10 bits per heavy atom. The summed E-state index contributed by atoms with van der Waals surface area (Å²) < 4.78 is 0. The topological polar surface area (TPSA) is 24.1 Å². The van der Waals surface area contributed by atoms with E-state index >= 15 is 0 Å². The van der Waals surface area contributed by atoms with Crippen LogP contribution in [0.25, 0.3) is 0 Å². The molecule has 2 fully saturated rings. The molecule has 0 spiro atoms. The molecule has 0 radical (unpaired) electrons. The largest absolute Gasteiger partial charge is 0.316 e. The number of hydrogen-bond donors (Lipinski definition) is 2. The molecule has 2 N–H and O–H groups in total. The molecule has 0 aromatic carbocycles. The van der Waals surface area contributed by atoms with Crippen molar-refractivity contribution in [2.45, 2.75) is 104 Å². The fraction of sp³-hybridized carbons (Fsp3) is 0.852. The second kappa shape index (κ2) is 12.3. The van der Waals surface area contributed by atoms with Gasteiger partial charge in [-0.25, -0.2) is 0 Å². The van der Waals surface area contributed by atoms with Crippen molar-refractivity contribution in [2.24, 2.45) is 17.3 Å². The van der Waals surface area contributed by atoms with Crippen LogP contribution in [0.2, 0.25) is 0 Å². The van der Waals surface area contributed by atoms with Crippen LogP contribution < -0.4 is 10.6 Å². The normalized spacial score (nSPS) is 23.2. The standard InChI is InChI=1S/C27H48N2/c1-3-5-17-28-21-27(22-29-18-6-4-2)19-25(23-13-9-7-10-14-23)26(20-27)24-15-11-8-12-16-24/h19-20,23-24,28-29H,3-18,21-22H2,1-2H3. The predicted octanol–water partition coefficient (Wildman–Crippen LogP) is 6.78. The molecule has 0 bridgehead atoms. The van der Waals surface area contributed by atoms with Crippen molar-refractivity contribution in [2.75, 3.05) is 26.2 Å². The van der Waals surface area contributed by atoms with Crippen molar-refractivity contribution in [3.8, 4) is 0 Å². The van der Waals surface area contributed by atoms with Gasteiger partial charge in [-0.05, 0) is 74.6 Å². The van der Waals surface area contributed by atoms with Crippen molar-refractivity contribution < 1.29 is 0 Å². The number of hydrogen-bond acceptors (Lipinski definition) is 2. The average Bonchev–Trinajstić information content (AvgIpc) is 3.16. The SMILES string of the molecule is CCCCNCC1(CNCCCC)C=C(C2CCCCC2)C(C2CCCCC2)=C1. The second-order valence-electron chi connectivity index (χ2n) is 10.2. The van der Waals surface area contributed by atoms with Gasteiger partial charge >= 0.3 is 0 Å². The van der Waals surface area contributed by atoms with Gasteiger partial charge in [0.2, 0.25) is 0 Å². The van der Waals surface area contributed by atoms with E-state index in [-0.39, 0.29) is 5.41 Å². The average molecular weight is 401 g/mol. The van der Waals surface area contributed by atoms with Crippen molar-refractivity contribution in [1.82, 2.24) is 10.6 Å². The van der Waals surface area contributed by atoms with Gasteiger partial charge in [-0.3, -0.25) is 0 Å². The maximum atomic E-state index is 3.83. The first-order valence-electron chi connectivity index (χ1n) is 13.2. The van der Waals surface area contributed by atoms with E-state index in [4.69, 9.17) is 0 Å². The van der Waals surface area contributed by atoms with E-state index in [1.54, 1.807) is 11.1 Å². The molecule has 0 unspecified atom stereocenters. The van der Waals surface area contributed by atoms with E-state index in [1.165, 1.54) is 89.9 Å². The molecule has 0 aliphatic heterocycles. The predicted molar refractivity (Wildman–Crippen MR) is 127 cm³/mol. The lowest BCUT2D eigenvalue weighted by Gasteiger charge is -2.30. The van der Waals surface area contributed by atoms with Crippen LogP contribution in [0, 0.1) is 17.3 Å². The molecule has 2 nitrogen and oxygen atoms in total. The van der Waals surface area contributed by atoms with Crippen molar-refractivity contribution in [3.63, 3.8) is 0 Å². The first-order chi connectivity index (χ1) is 14.3. The van der Waals surface area contributed by atoms with Gasteiger partial charge in [0.05, 0.1) is 0 Å². The minimum Gasteiger partial charge on any atom is -0.316 e. The molecular weight excluding hydrogens is 352 g/mol. The highest BCUT2D eigenvalue weighted by molar-refractivity contribution is 5.46. The van der Waals surface area contributed by atoms with Gasteiger partial charge < -0.3 is 10.6 Å². The van der Waals surface area contributed by atoms with Crippen LogP contribution in [0.5, 0.6) is 0 Å². The molecule has 0 aromatic heterocycles. The summed E-state index contributed by atoms with van der Waals surface area (Å²) in [6.07, 6.45) is 25.0. The maximum Gasteiger partial charge on any atom is 0.0323 e. The molecule has 0 aromatic rings. The summed E-state index contributed by atoms with van der Waals surface area (Å²) in [5.74, 6) is 1.68. The lowest BCUT2D eigenvalue weighted by Crippen LogP contribution is -2.40. The molecule has 3 aliphatic carbocycles. The van der Waals surface area contributed by atoms with Crippen LogP contribution in [0.4, 0.5) is 0 Å². The third kappa shape index (κ3) is 6.69. The fourth-order valence-corrected chi connectivity index (χ4v) is 5.87. The van der Waals surface area contributed by atoms with Crippen LogP contribution in [0.15, 0.2) is 23.3 Å². The van der Waals surface area contributed by atoms with Crippen molar-refractivity contribution in [1.29, 1.82) is 0 Å². The van der Waals surface area contributed by atoms with Crippen LogP contribution in [0.3, 0.4) is 0 Å². The molecule has 166 valence electrons. The molecular formula is C27H48N2. The van der Waals surface area contributed by atoms with E-state index < -0.39 is 0 Å². The zero-order chi connectivity index (χ0) is 20.4. The first-order valence-corrected chi connectivity index (χ1v) is 13.2. The summed E-state index contributed by atoms with van der Waals surface area (Å²) in [7, 11) is 0. The Labute approximate surface area is 181 Å². The van der Waals surface area contributed by atoms with Crippen LogP contribution >= 0.6 is 0 Å². The van der Waals surface area contributed by atoms with Gasteiger partial charge in [-0.2, -0.15) is 0 Å². The smallest absolute Gasteiger partial charge is 0.0323 e. The molecule has 0 amide bonds. The molecule has 3 aliphatic rings. The summed E-state index contributed by atoms with van der Waals surface area (Å²) in [5.41, 5.74) is 3.76. The van der Waals surface area contributed by atoms with E-state index in [0.29, 0.717) is 0 Å². The lowest BCUT2D eigenvalue weighted by molar-refractivity contribution is 0.376. The monoisotopic (exact) mass is 400 g/mol. The fourth-order valence-electron chi connectivity index (χ4n) is 5.87. The second-order valence-corrected chi connectivity index (χ2v) is 10.2. The zero-order valence-corrected chi connectivity index (χ0v) is 19.5. The molecule has 0 atom stereocenters. The lowest BCUT2D eigenvalue weighted by atomic mass is 9.75. The van der Waals surface area contributed by atoms with Crippen molar-refractivity contribution in [3.05, 3.63) is 23.3 Å². The van der Waals surface area contributed by atoms with E-state index in [9.17, 15) is 0 Å². The molecule has 2 saturated carbocycles. The third-order valence-electron chi connectivity index (χ3n) is 7.63. The summed E-state index contributed by atoms with van der Waals surface area (Å²) in [4.78, 5) is 0. The Hall–Kier alpha value is -0.600. The van der Waals surface area contributed by atoms with Gasteiger partial charge in [0.25, 0.3) is 0 Å². The minimum atomic E-state index is 0.195. The third-order valence-corrected chi connectivity index (χ3v) is 7.63. The van der Waals surface area contributed by atoms with E-state index in [2.05, 4.69) is 36.6 Å². The summed E-state index contributed by atoms with van der Waals surface area (Å²) in [6.45, 7) is 9.12. The summed E-state index contributed by atoms with van der Waals surface area (Å²) in [5, 5.41) is 7.66. The van der Waals surface area contributed by atoms with Crippen molar-refractivity contribution >= 4 is 0 Å². The van der Waals surface area contributed by atoms with Gasteiger partial charge in [0.15, 0.2) is 0 Å². The molecule has 29 heavy (non-hydrogen) atoms. The Balaban J connectivity index is 1.79. The quantitative estimate of drug-likeness (QED) is 0.353. The summed E-state index contributed by atoms with van der Waals surface area (Å²) >= 11 is 0. The molecule has 2 heteroatoms. The number of allylic oxidation sites excluding steroid dienone is 2. The zero-order valence-electron chi connectivity index (χ0n) is 19.5. The Bertz CT molecular complexity index is 473. The maximum absolute atomic E-state index is 3.83. The van der Waals surface area contributed by atoms with Crippen LogP contribution in [0.1, 0.15) is 104 Å². The first kappa shape index (κ1) is 23.1. The number of rotatable bonds is 12. The highest BCUT2D eigenvalue weighted by atomic mass is 14.9. The van der Waals surface area contributed by atoms with Gasteiger partial charge in [-0.1, -0.05) is 77.4 Å². The summed E-state index contributed by atoms with van der Waals surface area (Å²) in [6, 6.07) is 0. The van der Waals surface area contributed by atoms with Gasteiger partial charge in [0.1, 0.15) is 0 Å². The van der Waals surface area contributed by atoms with Gasteiger partial charge in [-0.15, -0.1) is 0 Å². The highest BCUT2D eigenvalue weighted by Crippen LogP contribution is 2.47. The Morgan fingerprint density at radius 1 is 0.690 bits per heavy atom. The molecule has 3 rings (SSSR count). The minimum absolute atomic E-state index is 0.195. The van der Waals surface area contributed by atoms with Crippen LogP contribution in [-0.2, 0) is 0 Å². The van der Waals surface area contributed by atoms with Gasteiger partial charge in [0, 0.05) is 18.5 Å². The highest BCUT2D eigenvalue weighted by Gasteiger charge is 2.37. The Morgan fingerprint density at radius 3 is 1.48 bits per heavy atom.